The fourth-order valence-electron chi connectivity index (χ4n) is 2.93. The summed E-state index contributed by atoms with van der Waals surface area (Å²) in [5.74, 6) is 0.843. The maximum absolute atomic E-state index is 12.6. The number of nitrogens with one attached hydrogen (secondary N) is 1. The third-order valence-electron chi connectivity index (χ3n) is 4.43. The number of carbonyl (C=O) groups is 1. The van der Waals surface area contributed by atoms with Crippen molar-refractivity contribution in [2.24, 2.45) is 0 Å². The number of amides is 2. The smallest absolute Gasteiger partial charge is 0.317 e. The van der Waals surface area contributed by atoms with Gasteiger partial charge in [0.1, 0.15) is 5.75 Å². The van der Waals surface area contributed by atoms with Crippen LogP contribution in [0.3, 0.4) is 0 Å². The normalized spacial score (nSPS) is 16.1. The molecule has 0 saturated carbocycles. The quantitative estimate of drug-likeness (QED) is 0.877. The molecule has 0 aromatic heterocycles. The van der Waals surface area contributed by atoms with E-state index in [1.54, 1.807) is 7.11 Å². The van der Waals surface area contributed by atoms with Gasteiger partial charge in [-0.1, -0.05) is 19.1 Å². The van der Waals surface area contributed by atoms with E-state index >= 15 is 0 Å². The summed E-state index contributed by atoms with van der Waals surface area (Å²) in [5.41, 5.74) is 1.14. The number of hydrogen-bond donors (Lipinski definition) is 1. The predicted octanol–water partition coefficient (Wildman–Crippen LogP) is 2.71. The molecule has 0 aliphatic carbocycles. The Balaban J connectivity index is 2.06. The fourth-order valence-corrected chi connectivity index (χ4v) is 2.93. The van der Waals surface area contributed by atoms with E-state index in [4.69, 9.17) is 4.74 Å². The number of piperidine rings is 1. The average molecular weight is 319 g/mol. The summed E-state index contributed by atoms with van der Waals surface area (Å²) >= 11 is 0. The van der Waals surface area contributed by atoms with Crippen LogP contribution < -0.4 is 10.1 Å². The largest absolute Gasteiger partial charge is 0.497 e. The van der Waals surface area contributed by atoms with Gasteiger partial charge in [-0.15, -0.1) is 0 Å². The lowest BCUT2D eigenvalue weighted by Crippen LogP contribution is -2.49. The number of ether oxygens (including phenoxy) is 1. The highest BCUT2D eigenvalue weighted by Crippen LogP contribution is 2.20. The Morgan fingerprint density at radius 1 is 1.30 bits per heavy atom. The summed E-state index contributed by atoms with van der Waals surface area (Å²) in [5, 5.41) is 3.03. The van der Waals surface area contributed by atoms with Crippen molar-refractivity contribution in [3.05, 3.63) is 29.8 Å². The van der Waals surface area contributed by atoms with Gasteiger partial charge in [-0.2, -0.15) is 0 Å². The molecule has 128 valence electrons. The zero-order valence-corrected chi connectivity index (χ0v) is 14.5. The van der Waals surface area contributed by atoms with Crippen LogP contribution in [-0.2, 0) is 6.54 Å². The van der Waals surface area contributed by atoms with Gasteiger partial charge in [-0.05, 0) is 57.1 Å². The van der Waals surface area contributed by atoms with Gasteiger partial charge < -0.3 is 19.9 Å². The number of carbonyl (C=O) groups excluding carboxylic acids is 1. The third kappa shape index (κ3) is 5.13. The van der Waals surface area contributed by atoms with E-state index < -0.39 is 0 Å². The molecule has 1 saturated heterocycles. The molecule has 1 aromatic carbocycles. The highest BCUT2D eigenvalue weighted by Gasteiger charge is 2.26. The van der Waals surface area contributed by atoms with Crippen molar-refractivity contribution >= 4 is 6.03 Å². The lowest BCUT2D eigenvalue weighted by molar-refractivity contribution is 0.127. The maximum Gasteiger partial charge on any atom is 0.317 e. The maximum atomic E-state index is 12.6. The summed E-state index contributed by atoms with van der Waals surface area (Å²) < 4.78 is 5.20. The fraction of sp³-hybridized carbons (Fsp3) is 0.611. The summed E-state index contributed by atoms with van der Waals surface area (Å²) in [6.45, 7) is 5.54. The van der Waals surface area contributed by atoms with Crippen LogP contribution in [0.4, 0.5) is 4.79 Å². The molecule has 0 unspecified atom stereocenters. The number of urea groups is 1. The van der Waals surface area contributed by atoms with Crippen LogP contribution in [0, 0.1) is 0 Å². The molecule has 0 radical (unpaired) electrons. The molecule has 1 N–H and O–H groups in total. The number of benzene rings is 1. The average Bonchev–Trinajstić information content (AvgIpc) is 2.59. The molecule has 5 heteroatoms. The molecular weight excluding hydrogens is 290 g/mol. The Morgan fingerprint density at radius 2 is 1.96 bits per heavy atom. The Kier molecular flexibility index (Phi) is 6.71. The molecule has 5 nitrogen and oxygen atoms in total. The summed E-state index contributed by atoms with van der Waals surface area (Å²) in [7, 11) is 3.80. The molecule has 1 aliphatic heterocycles. The van der Waals surface area contributed by atoms with Crippen LogP contribution in [0.5, 0.6) is 5.75 Å². The van der Waals surface area contributed by atoms with Gasteiger partial charge in [0.25, 0.3) is 0 Å². The Bertz CT molecular complexity index is 482. The number of likely N-dealkylation sites (tertiary alicyclic amines) is 1. The third-order valence-corrected chi connectivity index (χ3v) is 4.43. The number of methoxy groups -OCH3 is 1. The second kappa shape index (κ2) is 8.77. The summed E-state index contributed by atoms with van der Waals surface area (Å²) in [6.07, 6.45) is 3.02. The van der Waals surface area contributed by atoms with Crippen LogP contribution in [0.25, 0.3) is 0 Å². The monoisotopic (exact) mass is 319 g/mol. The van der Waals surface area contributed by atoms with Gasteiger partial charge in [0.15, 0.2) is 0 Å². The standard InChI is InChI=1S/C18H29N3O2/c1-4-11-19-18(22)21(16-9-12-20(2)13-10-16)14-15-5-7-17(23-3)8-6-15/h5-8,16H,4,9-14H2,1-3H3,(H,19,22). The van der Waals surface area contributed by atoms with Gasteiger partial charge in [-0.3, -0.25) is 0 Å². The summed E-state index contributed by atoms with van der Waals surface area (Å²) in [6, 6.07) is 8.34. The van der Waals surface area contributed by atoms with E-state index in [1.165, 1.54) is 0 Å². The zero-order chi connectivity index (χ0) is 16.7. The molecule has 2 amide bonds. The highest BCUT2D eigenvalue weighted by molar-refractivity contribution is 5.74. The van der Waals surface area contributed by atoms with Gasteiger partial charge in [0.05, 0.1) is 7.11 Å². The molecule has 0 bridgehead atoms. The van der Waals surface area contributed by atoms with Gasteiger partial charge in [-0.25, -0.2) is 4.79 Å². The van der Waals surface area contributed by atoms with Crippen LogP contribution in [0.1, 0.15) is 31.7 Å². The number of nitrogens with zero attached hydrogens (tertiary/aromatic N) is 2. The van der Waals surface area contributed by atoms with E-state index in [0.29, 0.717) is 12.6 Å². The molecule has 0 spiro atoms. The Morgan fingerprint density at radius 3 is 2.52 bits per heavy atom. The first-order valence-corrected chi connectivity index (χ1v) is 8.50. The molecular formula is C18H29N3O2. The minimum atomic E-state index is 0.0530. The lowest BCUT2D eigenvalue weighted by Gasteiger charge is -2.37. The minimum absolute atomic E-state index is 0.0530. The number of rotatable bonds is 6. The van der Waals surface area contributed by atoms with E-state index in [0.717, 1.165) is 50.2 Å². The summed E-state index contributed by atoms with van der Waals surface area (Å²) in [4.78, 5) is 16.9. The zero-order valence-electron chi connectivity index (χ0n) is 14.5. The first-order valence-electron chi connectivity index (χ1n) is 8.50. The Hall–Kier alpha value is -1.75. The molecule has 23 heavy (non-hydrogen) atoms. The first kappa shape index (κ1) is 17.6. The van der Waals surface area contributed by atoms with Crippen molar-refractivity contribution < 1.29 is 9.53 Å². The van der Waals surface area contributed by atoms with Crippen molar-refractivity contribution in [1.82, 2.24) is 15.1 Å². The van der Waals surface area contributed by atoms with Crippen molar-refractivity contribution in [3.8, 4) is 5.75 Å². The van der Waals surface area contributed by atoms with E-state index in [9.17, 15) is 4.79 Å². The second-order valence-electron chi connectivity index (χ2n) is 6.24. The highest BCUT2D eigenvalue weighted by atomic mass is 16.5. The minimum Gasteiger partial charge on any atom is -0.497 e. The van der Waals surface area contributed by atoms with Gasteiger partial charge in [0, 0.05) is 19.1 Å². The lowest BCUT2D eigenvalue weighted by atomic mass is 10.0. The molecule has 1 aliphatic rings. The topological polar surface area (TPSA) is 44.8 Å². The van der Waals surface area contributed by atoms with Crippen LogP contribution in [0.15, 0.2) is 24.3 Å². The van der Waals surface area contributed by atoms with E-state index in [1.807, 2.05) is 29.2 Å². The van der Waals surface area contributed by atoms with Crippen LogP contribution in [-0.4, -0.2) is 55.7 Å². The van der Waals surface area contributed by atoms with Gasteiger partial charge >= 0.3 is 6.03 Å². The molecule has 2 rings (SSSR count). The van der Waals surface area contributed by atoms with Crippen molar-refractivity contribution in [1.29, 1.82) is 0 Å². The second-order valence-corrected chi connectivity index (χ2v) is 6.24. The van der Waals surface area contributed by atoms with Crippen LogP contribution in [0.2, 0.25) is 0 Å². The van der Waals surface area contributed by atoms with E-state index in [2.05, 4.69) is 24.2 Å². The van der Waals surface area contributed by atoms with Crippen molar-refractivity contribution in [2.75, 3.05) is 33.8 Å². The Labute approximate surface area is 139 Å². The van der Waals surface area contributed by atoms with Crippen molar-refractivity contribution in [2.45, 2.75) is 38.8 Å². The van der Waals surface area contributed by atoms with Crippen LogP contribution >= 0.6 is 0 Å². The predicted molar refractivity (Wildman–Crippen MR) is 92.7 cm³/mol. The first-order chi connectivity index (χ1) is 11.1. The van der Waals surface area contributed by atoms with Gasteiger partial charge in [0.2, 0.25) is 0 Å². The molecule has 1 fully saturated rings. The molecule has 0 atom stereocenters. The van der Waals surface area contributed by atoms with Crippen molar-refractivity contribution in [3.63, 3.8) is 0 Å². The molecule has 1 heterocycles. The van der Waals surface area contributed by atoms with E-state index in [-0.39, 0.29) is 6.03 Å². The molecule has 1 aromatic rings. The SMILES string of the molecule is CCCNC(=O)N(Cc1ccc(OC)cc1)C1CCN(C)CC1. The number of hydrogen-bond acceptors (Lipinski definition) is 3.